The average Bonchev–Trinajstić information content (AvgIpc) is 2.71. The van der Waals surface area contributed by atoms with Gasteiger partial charge in [-0.25, -0.2) is 4.98 Å². The molecule has 0 amide bonds. The summed E-state index contributed by atoms with van der Waals surface area (Å²) in [7, 11) is 0. The molecule has 1 aromatic heterocycles. The first-order valence-corrected chi connectivity index (χ1v) is 5.29. The van der Waals surface area contributed by atoms with E-state index < -0.39 is 0 Å². The summed E-state index contributed by atoms with van der Waals surface area (Å²) in [5.74, 6) is 0. The maximum absolute atomic E-state index is 8.09. The van der Waals surface area contributed by atoms with Crippen molar-refractivity contribution in [1.82, 2.24) is 4.98 Å². The van der Waals surface area contributed by atoms with Gasteiger partial charge < -0.3 is 0 Å². The molecule has 0 saturated carbocycles. The van der Waals surface area contributed by atoms with Gasteiger partial charge in [0.05, 0.1) is 15.7 Å². The van der Waals surface area contributed by atoms with E-state index in [0.29, 0.717) is 6.54 Å². The van der Waals surface area contributed by atoms with Crippen LogP contribution in [-0.2, 0) is 0 Å². The van der Waals surface area contributed by atoms with Crippen LogP contribution in [0.2, 0.25) is 0 Å². The minimum atomic E-state index is 0.381. The Kier molecular flexibility index (Phi) is 2.97. The monoisotopic (exact) mass is 216 g/mol. The molecule has 0 aliphatic heterocycles. The van der Waals surface area contributed by atoms with Crippen molar-refractivity contribution in [2.75, 3.05) is 6.54 Å². The Labute approximate surface area is 90.5 Å². The van der Waals surface area contributed by atoms with Crippen molar-refractivity contribution in [3.63, 3.8) is 0 Å². The normalized spacial score (nSPS) is 10.7. The van der Waals surface area contributed by atoms with Gasteiger partial charge in [-0.15, -0.1) is 11.3 Å². The van der Waals surface area contributed by atoms with E-state index in [2.05, 4.69) is 15.0 Å². The Hall–Kier alpha value is -1.84. The predicted octanol–water partition coefficient (Wildman–Crippen LogP) is 3.62. The van der Waals surface area contributed by atoms with Crippen molar-refractivity contribution in [3.05, 3.63) is 45.8 Å². The molecule has 0 N–H and O–H groups in total. The molecule has 0 saturated heterocycles. The van der Waals surface area contributed by atoms with Gasteiger partial charge in [0, 0.05) is 11.5 Å². The summed E-state index contributed by atoms with van der Waals surface area (Å²) < 4.78 is 1.18. The van der Waals surface area contributed by atoms with Crippen LogP contribution in [0.15, 0.2) is 34.9 Å². The van der Waals surface area contributed by atoms with Crippen LogP contribution >= 0.6 is 11.3 Å². The molecule has 1 aromatic carbocycles. The van der Waals surface area contributed by atoms with Crippen LogP contribution in [0, 0.1) is 0 Å². The molecule has 0 atom stereocenters. The van der Waals surface area contributed by atoms with Gasteiger partial charge in [-0.3, -0.25) is 0 Å². The topological polar surface area (TPSA) is 61.7 Å². The van der Waals surface area contributed by atoms with E-state index >= 15 is 0 Å². The van der Waals surface area contributed by atoms with Gasteiger partial charge in [0.15, 0.2) is 0 Å². The third-order valence-electron chi connectivity index (χ3n) is 1.92. The minimum absolute atomic E-state index is 0.381. The van der Waals surface area contributed by atoms with Crippen LogP contribution in [0.25, 0.3) is 26.7 Å². The molecule has 0 aliphatic carbocycles. The lowest BCUT2D eigenvalue weighted by atomic mass is 10.2. The quantitative estimate of drug-likeness (QED) is 0.439. The van der Waals surface area contributed by atoms with Gasteiger partial charge in [0.1, 0.15) is 0 Å². The summed E-state index contributed by atoms with van der Waals surface area (Å²) in [4.78, 5) is 6.90. The van der Waals surface area contributed by atoms with E-state index in [1.807, 2.05) is 35.9 Å². The fraction of sp³-hybridized carbons (Fsp3) is 0.100. The molecule has 4 nitrogen and oxygen atoms in total. The molecule has 15 heavy (non-hydrogen) atoms. The third-order valence-corrected chi connectivity index (χ3v) is 2.73. The standard InChI is InChI=1S/C10H8N4S/c11-14-13-5-1-2-8-3-4-10-9(6-8)12-7-15-10/h1-4,6-7H,5H2. The largest absolute Gasteiger partial charge is 0.245 e. The van der Waals surface area contributed by atoms with E-state index in [0.717, 1.165) is 11.1 Å². The molecular weight excluding hydrogens is 208 g/mol. The van der Waals surface area contributed by atoms with Crippen molar-refractivity contribution in [1.29, 1.82) is 0 Å². The second-order valence-corrected chi connectivity index (χ2v) is 3.78. The van der Waals surface area contributed by atoms with E-state index in [9.17, 15) is 0 Å². The zero-order valence-corrected chi connectivity index (χ0v) is 8.68. The highest BCUT2D eigenvalue weighted by Gasteiger charge is 1.95. The summed E-state index contributed by atoms with van der Waals surface area (Å²) in [6.07, 6.45) is 3.75. The first-order chi connectivity index (χ1) is 7.40. The predicted molar refractivity (Wildman–Crippen MR) is 62.7 cm³/mol. The van der Waals surface area contributed by atoms with Crippen molar-refractivity contribution in [2.45, 2.75) is 0 Å². The van der Waals surface area contributed by atoms with Gasteiger partial charge in [0.2, 0.25) is 0 Å². The maximum atomic E-state index is 8.09. The number of azide groups is 1. The Bertz CT molecular complexity index is 537. The highest BCUT2D eigenvalue weighted by Crippen LogP contribution is 2.19. The number of fused-ring (bicyclic) bond motifs is 1. The molecule has 0 bridgehead atoms. The molecule has 1 heterocycles. The van der Waals surface area contributed by atoms with E-state index in [1.54, 1.807) is 11.3 Å². The number of thiazole rings is 1. The van der Waals surface area contributed by atoms with Crippen LogP contribution < -0.4 is 0 Å². The third kappa shape index (κ3) is 2.34. The van der Waals surface area contributed by atoms with Crippen molar-refractivity contribution < 1.29 is 0 Å². The Morgan fingerprint density at radius 3 is 3.33 bits per heavy atom. The number of hydrogen-bond acceptors (Lipinski definition) is 3. The van der Waals surface area contributed by atoms with Crippen LogP contribution in [0.3, 0.4) is 0 Å². The first kappa shape index (κ1) is 9.71. The van der Waals surface area contributed by atoms with Gasteiger partial charge in [-0.05, 0) is 23.2 Å². The average molecular weight is 216 g/mol. The summed E-state index contributed by atoms with van der Waals surface area (Å²) in [6.45, 7) is 0.381. The molecular formula is C10H8N4S. The lowest BCUT2D eigenvalue weighted by Gasteiger charge is -1.92. The van der Waals surface area contributed by atoms with Crippen molar-refractivity contribution in [3.8, 4) is 0 Å². The fourth-order valence-corrected chi connectivity index (χ4v) is 1.91. The minimum Gasteiger partial charge on any atom is -0.245 e. The number of benzene rings is 1. The van der Waals surface area contributed by atoms with Gasteiger partial charge in [0.25, 0.3) is 0 Å². The maximum Gasteiger partial charge on any atom is 0.0817 e. The number of nitrogens with zero attached hydrogens (tertiary/aromatic N) is 4. The summed E-state index contributed by atoms with van der Waals surface area (Å²) in [5.41, 5.74) is 12.0. The van der Waals surface area contributed by atoms with Crippen molar-refractivity contribution in [2.24, 2.45) is 5.11 Å². The van der Waals surface area contributed by atoms with Crippen LogP contribution in [0.5, 0.6) is 0 Å². The summed E-state index contributed by atoms with van der Waals surface area (Å²) in [5, 5.41) is 3.42. The molecule has 0 spiro atoms. The molecule has 0 unspecified atom stereocenters. The zero-order valence-electron chi connectivity index (χ0n) is 7.87. The smallest absolute Gasteiger partial charge is 0.0817 e. The Balaban J connectivity index is 2.20. The number of aromatic nitrogens is 1. The lowest BCUT2D eigenvalue weighted by Crippen LogP contribution is -1.74. The van der Waals surface area contributed by atoms with Crippen LogP contribution in [0.1, 0.15) is 5.56 Å². The first-order valence-electron chi connectivity index (χ1n) is 4.41. The molecule has 0 fully saturated rings. The Morgan fingerprint density at radius 1 is 1.53 bits per heavy atom. The Morgan fingerprint density at radius 2 is 2.47 bits per heavy atom. The molecule has 0 aliphatic rings. The second kappa shape index (κ2) is 4.59. The summed E-state index contributed by atoms with van der Waals surface area (Å²) in [6, 6.07) is 6.08. The van der Waals surface area contributed by atoms with E-state index in [-0.39, 0.29) is 0 Å². The molecule has 74 valence electrons. The molecule has 5 heteroatoms. The lowest BCUT2D eigenvalue weighted by molar-refractivity contribution is 1.22. The number of hydrogen-bond donors (Lipinski definition) is 0. The van der Waals surface area contributed by atoms with Crippen molar-refractivity contribution >= 4 is 27.6 Å². The van der Waals surface area contributed by atoms with Gasteiger partial charge >= 0.3 is 0 Å². The van der Waals surface area contributed by atoms with Gasteiger partial charge in [-0.2, -0.15) is 0 Å². The molecule has 2 rings (SSSR count). The van der Waals surface area contributed by atoms with Crippen LogP contribution in [0.4, 0.5) is 0 Å². The zero-order chi connectivity index (χ0) is 10.5. The molecule has 0 radical (unpaired) electrons. The van der Waals surface area contributed by atoms with Crippen LogP contribution in [-0.4, -0.2) is 11.5 Å². The number of rotatable bonds is 3. The van der Waals surface area contributed by atoms with E-state index in [1.165, 1.54) is 4.70 Å². The fourth-order valence-electron chi connectivity index (χ4n) is 1.25. The van der Waals surface area contributed by atoms with Gasteiger partial charge in [-0.1, -0.05) is 23.3 Å². The highest BCUT2D eigenvalue weighted by atomic mass is 32.1. The molecule has 2 aromatic rings. The highest BCUT2D eigenvalue weighted by molar-refractivity contribution is 7.16. The summed E-state index contributed by atoms with van der Waals surface area (Å²) >= 11 is 1.63. The SMILES string of the molecule is [N-]=[N+]=NCC=Cc1ccc2scnc2c1. The van der Waals surface area contributed by atoms with E-state index in [4.69, 9.17) is 5.53 Å². The second-order valence-electron chi connectivity index (χ2n) is 2.90.